The predicted octanol–water partition coefficient (Wildman–Crippen LogP) is -0.818. The van der Waals surface area contributed by atoms with Gasteiger partial charge in [-0.15, -0.1) is 0 Å². The average Bonchev–Trinajstić information content (AvgIpc) is 2.06. The Balaban J connectivity index is 0. The highest BCUT2D eigenvalue weighted by atomic mass is 16.7. The monoisotopic (exact) mass is 168 g/mol. The molecule has 0 unspecified atom stereocenters. The minimum absolute atomic E-state index is 0.125. The van der Waals surface area contributed by atoms with E-state index in [2.05, 4.69) is 14.2 Å². The summed E-state index contributed by atoms with van der Waals surface area (Å²) in [7, 11) is 3.13. The van der Waals surface area contributed by atoms with Gasteiger partial charge in [-0.2, -0.15) is 0 Å². The molecule has 0 aromatic heterocycles. The topological polar surface area (TPSA) is 68.2 Å². The first-order valence-corrected chi connectivity index (χ1v) is 3.10. The fourth-order valence-corrected chi connectivity index (χ4v) is 0.201. The Hall–Kier alpha value is -0.200. The number of hydrogen-bond acceptors (Lipinski definition) is 5. The summed E-state index contributed by atoms with van der Waals surface area (Å²) in [6.07, 6.45) is 0. The van der Waals surface area contributed by atoms with E-state index in [1.165, 1.54) is 0 Å². The van der Waals surface area contributed by atoms with Gasteiger partial charge in [0.15, 0.2) is 0 Å². The first kappa shape index (κ1) is 13.4. The van der Waals surface area contributed by atoms with Crippen LogP contribution in [0.2, 0.25) is 0 Å². The molecule has 0 bridgehead atoms. The number of aliphatic hydroxyl groups excluding tert-OH is 2. The molecule has 0 saturated carbocycles. The van der Waals surface area contributed by atoms with E-state index in [1.54, 1.807) is 14.2 Å². The zero-order valence-corrected chi connectivity index (χ0v) is 6.95. The van der Waals surface area contributed by atoms with Gasteiger partial charge in [0.2, 0.25) is 0 Å². The summed E-state index contributed by atoms with van der Waals surface area (Å²) in [5.74, 6) is 0. The van der Waals surface area contributed by atoms with Crippen LogP contribution in [0.5, 0.6) is 0 Å². The first-order valence-electron chi connectivity index (χ1n) is 3.10. The fraction of sp³-hybridized carbons (Fsp3) is 1.00. The average molecular weight is 168 g/mol. The fourth-order valence-electron chi connectivity index (χ4n) is 0.201. The van der Waals surface area contributed by atoms with Gasteiger partial charge in [0.05, 0.1) is 13.2 Å². The van der Waals surface area contributed by atoms with Crippen LogP contribution in [0.15, 0.2) is 0 Å². The van der Waals surface area contributed by atoms with Crippen LogP contribution in [-0.4, -0.2) is 51.2 Å². The van der Waals surface area contributed by atoms with E-state index in [0.717, 1.165) is 0 Å². The molecule has 0 aromatic rings. The van der Waals surface area contributed by atoms with Gasteiger partial charge in [-0.1, -0.05) is 0 Å². The quantitative estimate of drug-likeness (QED) is 0.415. The van der Waals surface area contributed by atoms with Crippen LogP contribution in [0.1, 0.15) is 0 Å². The molecule has 70 valence electrons. The number of aliphatic hydroxyl groups is 2. The van der Waals surface area contributed by atoms with Crippen LogP contribution in [0.25, 0.3) is 0 Å². The molecule has 0 amide bonds. The van der Waals surface area contributed by atoms with E-state index in [9.17, 15) is 0 Å². The summed E-state index contributed by atoms with van der Waals surface area (Å²) in [5, 5.41) is 15.2. The summed E-state index contributed by atoms with van der Waals surface area (Å²) in [5.41, 5.74) is 0. The van der Waals surface area contributed by atoms with Crippen molar-refractivity contribution in [3.63, 3.8) is 0 Å². The first-order chi connectivity index (χ1) is 5.33. The summed E-state index contributed by atoms with van der Waals surface area (Å²) < 4.78 is 13.8. The van der Waals surface area contributed by atoms with Crippen molar-refractivity contribution in [2.75, 3.05) is 41.0 Å². The SMILES string of the molecule is COCOCOC.OCCO. The Morgan fingerprint density at radius 2 is 1.27 bits per heavy atom. The third kappa shape index (κ3) is 25.9. The van der Waals surface area contributed by atoms with Gasteiger partial charge in [-0.25, -0.2) is 0 Å². The van der Waals surface area contributed by atoms with Gasteiger partial charge in [0, 0.05) is 14.2 Å². The second-order valence-electron chi connectivity index (χ2n) is 1.46. The van der Waals surface area contributed by atoms with Gasteiger partial charge >= 0.3 is 0 Å². The Kier molecular flexibility index (Phi) is 20.0. The maximum absolute atomic E-state index is 7.62. The highest BCUT2D eigenvalue weighted by Gasteiger charge is 1.76. The lowest BCUT2D eigenvalue weighted by atomic mass is 10.8. The van der Waals surface area contributed by atoms with Crippen molar-refractivity contribution >= 4 is 0 Å². The minimum atomic E-state index is -0.125. The Morgan fingerprint density at radius 3 is 1.45 bits per heavy atom. The van der Waals surface area contributed by atoms with Crippen molar-refractivity contribution in [1.82, 2.24) is 0 Å². The molecular weight excluding hydrogens is 152 g/mol. The molecule has 0 radical (unpaired) electrons. The summed E-state index contributed by atoms with van der Waals surface area (Å²) in [6.45, 7) is 0.349. The van der Waals surface area contributed by atoms with Crippen LogP contribution >= 0.6 is 0 Å². The molecule has 0 fully saturated rings. The Labute approximate surface area is 66.5 Å². The molecule has 0 aliphatic carbocycles. The number of methoxy groups -OCH3 is 2. The maximum atomic E-state index is 7.62. The highest BCUT2D eigenvalue weighted by molar-refractivity contribution is 4.06. The molecule has 11 heavy (non-hydrogen) atoms. The Morgan fingerprint density at radius 1 is 0.909 bits per heavy atom. The molecule has 0 rings (SSSR count). The van der Waals surface area contributed by atoms with Crippen molar-refractivity contribution in [2.45, 2.75) is 0 Å². The van der Waals surface area contributed by atoms with Crippen molar-refractivity contribution in [1.29, 1.82) is 0 Å². The molecule has 0 aliphatic heterocycles. The smallest absolute Gasteiger partial charge is 0.149 e. The lowest BCUT2D eigenvalue weighted by Crippen LogP contribution is -1.98. The lowest BCUT2D eigenvalue weighted by Gasteiger charge is -1.97. The van der Waals surface area contributed by atoms with E-state index in [4.69, 9.17) is 10.2 Å². The third-order valence-electron chi connectivity index (χ3n) is 0.502. The second-order valence-corrected chi connectivity index (χ2v) is 1.46. The van der Waals surface area contributed by atoms with Crippen molar-refractivity contribution in [2.24, 2.45) is 0 Å². The van der Waals surface area contributed by atoms with E-state index in [-0.39, 0.29) is 13.2 Å². The maximum Gasteiger partial charge on any atom is 0.149 e. The lowest BCUT2D eigenvalue weighted by molar-refractivity contribution is -0.107. The van der Waals surface area contributed by atoms with Crippen molar-refractivity contribution in [3.8, 4) is 0 Å². The van der Waals surface area contributed by atoms with Gasteiger partial charge in [-0.05, 0) is 0 Å². The molecule has 0 aromatic carbocycles. The zero-order valence-electron chi connectivity index (χ0n) is 6.95. The molecule has 0 spiro atoms. The predicted molar refractivity (Wildman–Crippen MR) is 39.0 cm³/mol. The summed E-state index contributed by atoms with van der Waals surface area (Å²) in [4.78, 5) is 0. The van der Waals surface area contributed by atoms with Gasteiger partial charge < -0.3 is 24.4 Å². The molecule has 0 aliphatic rings. The minimum Gasteiger partial charge on any atom is -0.394 e. The van der Waals surface area contributed by atoms with Crippen LogP contribution in [-0.2, 0) is 14.2 Å². The third-order valence-corrected chi connectivity index (χ3v) is 0.502. The normalized spacial score (nSPS) is 8.73. The molecule has 2 N–H and O–H groups in total. The zero-order chi connectivity index (χ0) is 8.95. The molecular formula is C6H16O5. The van der Waals surface area contributed by atoms with Gasteiger partial charge in [0.25, 0.3) is 0 Å². The van der Waals surface area contributed by atoms with Crippen molar-refractivity contribution in [3.05, 3.63) is 0 Å². The standard InChI is InChI=1S/C4H10O3.C2H6O2/c1-5-3-7-4-6-2;3-1-2-4/h3-4H2,1-2H3;3-4H,1-2H2. The second kappa shape index (κ2) is 16.4. The van der Waals surface area contributed by atoms with Crippen molar-refractivity contribution < 1.29 is 24.4 Å². The number of ether oxygens (including phenoxy) is 3. The van der Waals surface area contributed by atoms with Crippen LogP contribution in [0, 0.1) is 0 Å². The molecule has 0 saturated heterocycles. The highest BCUT2D eigenvalue weighted by Crippen LogP contribution is 1.72. The van der Waals surface area contributed by atoms with E-state index in [1.807, 2.05) is 0 Å². The molecule has 5 nitrogen and oxygen atoms in total. The Bertz CT molecular complexity index is 44.2. The van der Waals surface area contributed by atoms with Gasteiger partial charge in [-0.3, -0.25) is 0 Å². The van der Waals surface area contributed by atoms with Crippen LogP contribution < -0.4 is 0 Å². The van der Waals surface area contributed by atoms with Crippen LogP contribution in [0.3, 0.4) is 0 Å². The summed E-state index contributed by atoms with van der Waals surface area (Å²) in [6, 6.07) is 0. The molecule has 0 heterocycles. The van der Waals surface area contributed by atoms with E-state index < -0.39 is 0 Å². The number of hydrogen-bond donors (Lipinski definition) is 2. The molecule has 5 heteroatoms. The summed E-state index contributed by atoms with van der Waals surface area (Å²) >= 11 is 0. The van der Waals surface area contributed by atoms with Crippen LogP contribution in [0.4, 0.5) is 0 Å². The number of rotatable bonds is 5. The van der Waals surface area contributed by atoms with Gasteiger partial charge in [0.1, 0.15) is 13.6 Å². The van der Waals surface area contributed by atoms with E-state index in [0.29, 0.717) is 13.6 Å². The molecule has 0 atom stereocenters. The largest absolute Gasteiger partial charge is 0.394 e. The van der Waals surface area contributed by atoms with E-state index >= 15 is 0 Å².